The number of carbonyl (C=O) groups is 1. The van der Waals surface area contributed by atoms with Crippen molar-refractivity contribution < 1.29 is 9.90 Å². The van der Waals surface area contributed by atoms with Crippen LogP contribution < -0.4 is 4.90 Å². The van der Waals surface area contributed by atoms with Crippen molar-refractivity contribution in [1.82, 2.24) is 10.2 Å². The van der Waals surface area contributed by atoms with Crippen LogP contribution in [0.25, 0.3) is 0 Å². The molecular formula is C11H14ClN3O2. The van der Waals surface area contributed by atoms with Gasteiger partial charge in [0.05, 0.1) is 5.41 Å². The number of carboxylic acid groups (broad SMARTS) is 1. The van der Waals surface area contributed by atoms with E-state index in [4.69, 9.17) is 16.7 Å². The molecule has 0 atom stereocenters. The maximum Gasteiger partial charge on any atom is 0.309 e. The Morgan fingerprint density at radius 2 is 2.06 bits per heavy atom. The molecule has 0 saturated carbocycles. The lowest BCUT2D eigenvalue weighted by atomic mass is 9.80. The topological polar surface area (TPSA) is 66.3 Å². The summed E-state index contributed by atoms with van der Waals surface area (Å²) in [4.78, 5) is 13.1. The minimum absolute atomic E-state index is 0.362. The highest BCUT2D eigenvalue weighted by Gasteiger charge is 2.37. The van der Waals surface area contributed by atoms with Crippen LogP contribution in [0.3, 0.4) is 0 Å². The van der Waals surface area contributed by atoms with Crippen molar-refractivity contribution in [3.63, 3.8) is 0 Å². The summed E-state index contributed by atoms with van der Waals surface area (Å²) >= 11 is 5.67. The Bertz CT molecular complexity index is 413. The minimum Gasteiger partial charge on any atom is -0.481 e. The summed E-state index contributed by atoms with van der Waals surface area (Å²) in [6.45, 7) is 3.15. The van der Waals surface area contributed by atoms with Gasteiger partial charge in [-0.1, -0.05) is 11.6 Å². The summed E-state index contributed by atoms with van der Waals surface area (Å²) in [7, 11) is 0. The van der Waals surface area contributed by atoms with Gasteiger partial charge < -0.3 is 10.0 Å². The van der Waals surface area contributed by atoms with Crippen molar-refractivity contribution in [3.8, 4) is 0 Å². The Hall–Kier alpha value is -1.36. The fourth-order valence-corrected chi connectivity index (χ4v) is 2.02. The molecule has 2 rings (SSSR count). The van der Waals surface area contributed by atoms with Gasteiger partial charge in [0.1, 0.15) is 0 Å². The third-order valence-electron chi connectivity index (χ3n) is 3.33. The molecule has 0 aliphatic carbocycles. The van der Waals surface area contributed by atoms with Gasteiger partial charge in [0.25, 0.3) is 0 Å². The van der Waals surface area contributed by atoms with E-state index in [0.29, 0.717) is 31.1 Å². The number of hydrogen-bond acceptors (Lipinski definition) is 4. The van der Waals surface area contributed by atoms with Crippen molar-refractivity contribution in [2.75, 3.05) is 18.0 Å². The van der Waals surface area contributed by atoms with Gasteiger partial charge in [-0.2, -0.15) is 0 Å². The second kappa shape index (κ2) is 4.49. The third-order valence-corrected chi connectivity index (χ3v) is 3.53. The highest BCUT2D eigenvalue weighted by Crippen LogP contribution is 2.32. The second-order valence-corrected chi connectivity index (χ2v) is 4.95. The van der Waals surface area contributed by atoms with Gasteiger partial charge in [-0.05, 0) is 31.9 Å². The molecule has 1 aromatic rings. The molecule has 0 unspecified atom stereocenters. The van der Waals surface area contributed by atoms with Gasteiger partial charge >= 0.3 is 5.97 Å². The molecule has 1 saturated heterocycles. The van der Waals surface area contributed by atoms with E-state index in [-0.39, 0.29) is 0 Å². The van der Waals surface area contributed by atoms with Crippen LogP contribution in [0.15, 0.2) is 12.1 Å². The van der Waals surface area contributed by atoms with E-state index in [9.17, 15) is 4.79 Å². The number of hydrogen-bond donors (Lipinski definition) is 1. The fourth-order valence-electron chi connectivity index (χ4n) is 1.92. The van der Waals surface area contributed by atoms with E-state index in [1.54, 1.807) is 19.1 Å². The Labute approximate surface area is 104 Å². The standard InChI is InChI=1S/C11H14ClN3O2/c1-11(10(16)17)4-6-15(7-5-11)9-3-2-8(12)13-14-9/h2-3H,4-7H2,1H3,(H,16,17). The lowest BCUT2D eigenvalue weighted by Crippen LogP contribution is -2.43. The zero-order valence-corrected chi connectivity index (χ0v) is 10.3. The normalized spacial score (nSPS) is 19.1. The maximum atomic E-state index is 11.1. The third kappa shape index (κ3) is 2.49. The zero-order valence-electron chi connectivity index (χ0n) is 9.56. The Morgan fingerprint density at radius 3 is 2.53 bits per heavy atom. The maximum absolute atomic E-state index is 11.1. The van der Waals surface area contributed by atoms with Gasteiger partial charge in [0.2, 0.25) is 0 Å². The first-order valence-corrected chi connectivity index (χ1v) is 5.87. The van der Waals surface area contributed by atoms with E-state index in [1.807, 2.05) is 4.90 Å². The molecule has 6 heteroatoms. The van der Waals surface area contributed by atoms with E-state index >= 15 is 0 Å². The molecule has 0 spiro atoms. The van der Waals surface area contributed by atoms with Crippen molar-refractivity contribution in [2.45, 2.75) is 19.8 Å². The van der Waals surface area contributed by atoms with Crippen molar-refractivity contribution in [3.05, 3.63) is 17.3 Å². The van der Waals surface area contributed by atoms with E-state index in [1.165, 1.54) is 0 Å². The molecule has 2 heterocycles. The lowest BCUT2D eigenvalue weighted by Gasteiger charge is -2.36. The molecule has 1 N–H and O–H groups in total. The summed E-state index contributed by atoms with van der Waals surface area (Å²) in [5.74, 6) is 0.0289. The van der Waals surface area contributed by atoms with E-state index in [2.05, 4.69) is 10.2 Å². The van der Waals surface area contributed by atoms with Gasteiger partial charge in [-0.15, -0.1) is 10.2 Å². The summed E-state index contributed by atoms with van der Waals surface area (Å²) in [6, 6.07) is 3.49. The molecule has 0 radical (unpaired) electrons. The van der Waals surface area contributed by atoms with Crippen molar-refractivity contribution in [1.29, 1.82) is 0 Å². The smallest absolute Gasteiger partial charge is 0.309 e. The van der Waals surface area contributed by atoms with Crippen molar-refractivity contribution >= 4 is 23.4 Å². The molecule has 92 valence electrons. The number of carboxylic acids is 1. The molecule has 0 amide bonds. The predicted octanol–water partition coefficient (Wildman–Crippen LogP) is 1.82. The fraction of sp³-hybridized carbons (Fsp3) is 0.545. The first kappa shape index (κ1) is 12.1. The predicted molar refractivity (Wildman–Crippen MR) is 64.2 cm³/mol. The monoisotopic (exact) mass is 255 g/mol. The molecule has 1 aromatic heterocycles. The molecule has 1 aliphatic heterocycles. The summed E-state index contributed by atoms with van der Waals surface area (Å²) in [6.07, 6.45) is 1.24. The average Bonchev–Trinajstić information content (AvgIpc) is 2.31. The number of halogens is 1. The molecule has 0 bridgehead atoms. The molecular weight excluding hydrogens is 242 g/mol. The Kier molecular flexibility index (Phi) is 3.19. The van der Waals surface area contributed by atoms with Crippen LogP contribution in [0.5, 0.6) is 0 Å². The summed E-state index contributed by atoms with van der Waals surface area (Å²) in [5, 5.41) is 17.3. The van der Waals surface area contributed by atoms with Crippen LogP contribution in [0.1, 0.15) is 19.8 Å². The molecule has 17 heavy (non-hydrogen) atoms. The van der Waals surface area contributed by atoms with Gasteiger partial charge in [0, 0.05) is 13.1 Å². The van der Waals surface area contributed by atoms with Gasteiger partial charge in [-0.25, -0.2) is 0 Å². The van der Waals surface area contributed by atoms with Crippen LogP contribution in [0, 0.1) is 5.41 Å². The van der Waals surface area contributed by atoms with E-state index in [0.717, 1.165) is 5.82 Å². The average molecular weight is 256 g/mol. The van der Waals surface area contributed by atoms with Gasteiger partial charge in [-0.3, -0.25) is 4.79 Å². The van der Waals surface area contributed by atoms with Crippen molar-refractivity contribution in [2.24, 2.45) is 5.41 Å². The molecule has 1 fully saturated rings. The van der Waals surface area contributed by atoms with Crippen LogP contribution in [0.2, 0.25) is 5.15 Å². The number of piperidine rings is 1. The van der Waals surface area contributed by atoms with Crippen LogP contribution in [0.4, 0.5) is 5.82 Å². The lowest BCUT2D eigenvalue weighted by molar-refractivity contribution is -0.149. The number of aromatic nitrogens is 2. The first-order valence-electron chi connectivity index (χ1n) is 5.49. The van der Waals surface area contributed by atoms with Crippen LogP contribution in [-0.2, 0) is 4.79 Å². The summed E-state index contributed by atoms with van der Waals surface area (Å²) < 4.78 is 0. The molecule has 1 aliphatic rings. The number of rotatable bonds is 2. The molecule has 0 aromatic carbocycles. The molecule has 5 nitrogen and oxygen atoms in total. The van der Waals surface area contributed by atoms with Gasteiger partial charge in [0.15, 0.2) is 11.0 Å². The Balaban J connectivity index is 2.04. The summed E-state index contributed by atoms with van der Waals surface area (Å²) in [5.41, 5.74) is -0.615. The minimum atomic E-state index is -0.723. The highest BCUT2D eigenvalue weighted by molar-refractivity contribution is 6.29. The highest BCUT2D eigenvalue weighted by atomic mass is 35.5. The largest absolute Gasteiger partial charge is 0.481 e. The zero-order chi connectivity index (χ0) is 12.5. The first-order chi connectivity index (χ1) is 8.01. The van der Waals surface area contributed by atoms with Crippen LogP contribution >= 0.6 is 11.6 Å². The number of nitrogens with zero attached hydrogens (tertiary/aromatic N) is 3. The SMILES string of the molecule is CC1(C(=O)O)CCN(c2ccc(Cl)nn2)CC1. The number of aliphatic carboxylic acids is 1. The second-order valence-electron chi connectivity index (χ2n) is 4.57. The number of anilines is 1. The Morgan fingerprint density at radius 1 is 1.41 bits per heavy atom. The van der Waals surface area contributed by atoms with Crippen LogP contribution in [-0.4, -0.2) is 34.4 Å². The quantitative estimate of drug-likeness (QED) is 0.873. The van der Waals surface area contributed by atoms with E-state index < -0.39 is 11.4 Å².